The molecule has 0 fully saturated rings. The fourth-order valence-corrected chi connectivity index (χ4v) is 2.97. The third-order valence-electron chi connectivity index (χ3n) is 2.22. The molecule has 1 heterocycles. The Bertz CT molecular complexity index is 415. The summed E-state index contributed by atoms with van der Waals surface area (Å²) >= 11 is 4.98. The first-order chi connectivity index (χ1) is 9.04. The summed E-state index contributed by atoms with van der Waals surface area (Å²) in [4.78, 5) is 16.1. The Hall–Kier alpha value is -0.590. The van der Waals surface area contributed by atoms with Gasteiger partial charge in [-0.25, -0.2) is 4.98 Å². The number of carbonyl (C=O) groups is 1. The van der Waals surface area contributed by atoms with Crippen molar-refractivity contribution in [3.8, 4) is 0 Å². The van der Waals surface area contributed by atoms with Crippen LogP contribution in [0.25, 0.3) is 0 Å². The van der Waals surface area contributed by atoms with Gasteiger partial charge in [-0.3, -0.25) is 4.79 Å². The lowest BCUT2D eigenvalue weighted by Crippen LogP contribution is -2.43. The van der Waals surface area contributed by atoms with E-state index in [1.165, 1.54) is 11.8 Å². The van der Waals surface area contributed by atoms with E-state index in [0.717, 1.165) is 9.50 Å². The van der Waals surface area contributed by atoms with Gasteiger partial charge in [-0.05, 0) is 35.0 Å². The minimum absolute atomic E-state index is 0.212. The largest absolute Gasteiger partial charge is 0.465 e. The van der Waals surface area contributed by atoms with Crippen molar-refractivity contribution in [2.24, 2.45) is 0 Å². The Morgan fingerprint density at radius 2 is 2.32 bits per heavy atom. The zero-order chi connectivity index (χ0) is 14.3. The number of nitrogens with one attached hydrogen (secondary N) is 1. The first kappa shape index (κ1) is 16.5. The number of nitrogens with zero attached hydrogens (tertiary/aromatic N) is 1. The van der Waals surface area contributed by atoms with E-state index in [1.807, 2.05) is 32.9 Å². The minimum Gasteiger partial charge on any atom is -0.465 e. The molecule has 0 saturated carbocycles. The van der Waals surface area contributed by atoms with Crippen LogP contribution in [0, 0.1) is 0 Å². The molecular weight excluding hydrogens is 328 g/mol. The predicted octanol–water partition coefficient (Wildman–Crippen LogP) is 2.87. The maximum atomic E-state index is 11.9. The lowest BCUT2D eigenvalue weighted by molar-refractivity contribution is -0.145. The molecule has 1 rings (SSSR count). The van der Waals surface area contributed by atoms with Gasteiger partial charge in [-0.15, -0.1) is 11.8 Å². The quantitative estimate of drug-likeness (QED) is 0.607. The third kappa shape index (κ3) is 5.93. The molecule has 0 aliphatic carbocycles. The zero-order valence-corrected chi connectivity index (χ0v) is 13.8. The molecule has 0 aliphatic rings. The van der Waals surface area contributed by atoms with Gasteiger partial charge in [0, 0.05) is 22.5 Å². The van der Waals surface area contributed by atoms with Gasteiger partial charge in [0.25, 0.3) is 0 Å². The number of carbonyl (C=O) groups excluding carboxylic acids is 1. The van der Waals surface area contributed by atoms with Crippen LogP contribution in [-0.2, 0) is 9.53 Å². The molecule has 1 aromatic rings. The van der Waals surface area contributed by atoms with E-state index in [4.69, 9.17) is 4.74 Å². The summed E-state index contributed by atoms with van der Waals surface area (Å²) in [7, 11) is 0. The third-order valence-corrected chi connectivity index (χ3v) is 4.22. The van der Waals surface area contributed by atoms with E-state index in [1.54, 1.807) is 6.20 Å². The average Bonchev–Trinajstić information content (AvgIpc) is 2.36. The fourth-order valence-electron chi connectivity index (χ4n) is 1.47. The number of hydrogen-bond donors (Lipinski definition) is 1. The van der Waals surface area contributed by atoms with Crippen molar-refractivity contribution < 1.29 is 9.53 Å². The highest BCUT2D eigenvalue weighted by Crippen LogP contribution is 2.25. The normalized spacial score (nSPS) is 12.5. The van der Waals surface area contributed by atoms with Crippen LogP contribution in [0.5, 0.6) is 0 Å². The van der Waals surface area contributed by atoms with Crippen molar-refractivity contribution in [1.29, 1.82) is 0 Å². The van der Waals surface area contributed by atoms with E-state index in [0.29, 0.717) is 12.4 Å². The predicted molar refractivity (Wildman–Crippen MR) is 81.4 cm³/mol. The molecule has 0 aliphatic heterocycles. The SMILES string of the molecule is CCOC(=O)C(CSc1ncccc1Br)NC(C)C. The van der Waals surface area contributed by atoms with Crippen molar-refractivity contribution >= 4 is 33.7 Å². The average molecular weight is 347 g/mol. The first-order valence-corrected chi connectivity index (χ1v) is 7.98. The van der Waals surface area contributed by atoms with Crippen LogP contribution in [0.4, 0.5) is 0 Å². The molecule has 0 bridgehead atoms. The van der Waals surface area contributed by atoms with Crippen molar-refractivity contribution in [3.05, 3.63) is 22.8 Å². The molecule has 1 atom stereocenters. The molecule has 0 saturated heterocycles. The second-order valence-corrected chi connectivity index (χ2v) is 6.09. The number of aromatic nitrogens is 1. The summed E-state index contributed by atoms with van der Waals surface area (Å²) in [5.41, 5.74) is 0. The monoisotopic (exact) mass is 346 g/mol. The Kier molecular flexibility index (Phi) is 7.41. The number of esters is 1. The second-order valence-electron chi connectivity index (χ2n) is 4.23. The fraction of sp³-hybridized carbons (Fsp3) is 0.538. The van der Waals surface area contributed by atoms with Crippen LogP contribution in [-0.4, -0.2) is 35.4 Å². The summed E-state index contributed by atoms with van der Waals surface area (Å²) in [6, 6.07) is 3.70. The van der Waals surface area contributed by atoms with Crippen LogP contribution in [0.1, 0.15) is 20.8 Å². The highest BCUT2D eigenvalue weighted by Gasteiger charge is 2.21. The van der Waals surface area contributed by atoms with E-state index in [9.17, 15) is 4.79 Å². The highest BCUT2D eigenvalue weighted by atomic mass is 79.9. The second kappa shape index (κ2) is 8.55. The number of pyridine rings is 1. The lowest BCUT2D eigenvalue weighted by Gasteiger charge is -2.19. The molecule has 0 amide bonds. The van der Waals surface area contributed by atoms with Gasteiger partial charge in [-0.1, -0.05) is 13.8 Å². The summed E-state index contributed by atoms with van der Waals surface area (Å²) in [5.74, 6) is 0.378. The molecule has 0 spiro atoms. The maximum Gasteiger partial charge on any atom is 0.324 e. The van der Waals surface area contributed by atoms with Crippen molar-refractivity contribution in [3.63, 3.8) is 0 Å². The molecular formula is C13H19BrN2O2S. The first-order valence-electron chi connectivity index (χ1n) is 6.20. The van der Waals surface area contributed by atoms with E-state index in [2.05, 4.69) is 26.2 Å². The molecule has 1 N–H and O–H groups in total. The van der Waals surface area contributed by atoms with E-state index in [-0.39, 0.29) is 18.1 Å². The van der Waals surface area contributed by atoms with Crippen LogP contribution in [0.3, 0.4) is 0 Å². The van der Waals surface area contributed by atoms with Gasteiger partial charge < -0.3 is 10.1 Å². The number of thioether (sulfide) groups is 1. The van der Waals surface area contributed by atoms with Gasteiger partial charge in [-0.2, -0.15) is 0 Å². The van der Waals surface area contributed by atoms with Crippen molar-refractivity contribution in [1.82, 2.24) is 10.3 Å². The van der Waals surface area contributed by atoms with E-state index >= 15 is 0 Å². The molecule has 19 heavy (non-hydrogen) atoms. The van der Waals surface area contributed by atoms with Crippen LogP contribution in [0.2, 0.25) is 0 Å². The summed E-state index contributed by atoms with van der Waals surface area (Å²) in [5, 5.41) is 4.09. The molecule has 4 nitrogen and oxygen atoms in total. The van der Waals surface area contributed by atoms with Crippen molar-refractivity contribution in [2.45, 2.75) is 37.9 Å². The number of hydrogen-bond acceptors (Lipinski definition) is 5. The van der Waals surface area contributed by atoms with E-state index < -0.39 is 0 Å². The van der Waals surface area contributed by atoms with Gasteiger partial charge in [0.2, 0.25) is 0 Å². The lowest BCUT2D eigenvalue weighted by atomic mass is 10.3. The summed E-state index contributed by atoms with van der Waals surface area (Å²) < 4.78 is 6.01. The number of rotatable bonds is 7. The topological polar surface area (TPSA) is 51.2 Å². The number of ether oxygens (including phenoxy) is 1. The maximum absolute atomic E-state index is 11.9. The van der Waals surface area contributed by atoms with Crippen LogP contribution >= 0.6 is 27.7 Å². The van der Waals surface area contributed by atoms with Crippen LogP contribution < -0.4 is 5.32 Å². The molecule has 0 aromatic carbocycles. The number of halogens is 1. The Morgan fingerprint density at radius 3 is 2.89 bits per heavy atom. The van der Waals surface area contributed by atoms with Gasteiger partial charge in [0.05, 0.1) is 6.61 Å². The molecule has 6 heteroatoms. The van der Waals surface area contributed by atoms with Crippen LogP contribution in [0.15, 0.2) is 27.8 Å². The highest BCUT2D eigenvalue weighted by molar-refractivity contribution is 9.10. The molecule has 1 aromatic heterocycles. The Morgan fingerprint density at radius 1 is 1.58 bits per heavy atom. The minimum atomic E-state index is -0.321. The Balaban J connectivity index is 2.62. The summed E-state index contributed by atoms with van der Waals surface area (Å²) in [6.45, 7) is 6.22. The van der Waals surface area contributed by atoms with Crippen molar-refractivity contribution in [2.75, 3.05) is 12.4 Å². The molecule has 1 unspecified atom stereocenters. The Labute approximate surface area is 126 Å². The molecule has 106 valence electrons. The smallest absolute Gasteiger partial charge is 0.324 e. The van der Waals surface area contributed by atoms with Gasteiger partial charge in [0.15, 0.2) is 0 Å². The van der Waals surface area contributed by atoms with Gasteiger partial charge in [0.1, 0.15) is 11.1 Å². The standard InChI is InChI=1S/C13H19BrN2O2S/c1-4-18-13(17)11(16-9(2)3)8-19-12-10(14)6-5-7-15-12/h5-7,9,11,16H,4,8H2,1-3H3. The van der Waals surface area contributed by atoms with Gasteiger partial charge >= 0.3 is 5.97 Å². The zero-order valence-electron chi connectivity index (χ0n) is 11.4. The molecule has 0 radical (unpaired) electrons. The summed E-state index contributed by atoms with van der Waals surface area (Å²) in [6.07, 6.45) is 1.74.